The molecule has 0 saturated heterocycles. The van der Waals surface area contributed by atoms with Crippen molar-refractivity contribution < 1.29 is 17.6 Å². The summed E-state index contributed by atoms with van der Waals surface area (Å²) >= 11 is 0. The summed E-state index contributed by atoms with van der Waals surface area (Å²) in [6.07, 6.45) is -3.68. The van der Waals surface area contributed by atoms with Crippen molar-refractivity contribution in [1.29, 1.82) is 0 Å². The predicted octanol–water partition coefficient (Wildman–Crippen LogP) is 2.62. The predicted molar refractivity (Wildman–Crippen MR) is 64.0 cm³/mol. The fraction of sp³-hybridized carbons (Fsp3) is 0.462. The normalized spacial score (nSPS) is 16.4. The first-order valence-corrected chi connectivity index (χ1v) is 6.20. The van der Waals surface area contributed by atoms with E-state index in [0.29, 0.717) is 11.1 Å². The topological polar surface area (TPSA) is 38.1 Å². The van der Waals surface area contributed by atoms with Gasteiger partial charge in [-0.15, -0.1) is 0 Å². The summed E-state index contributed by atoms with van der Waals surface area (Å²) in [7, 11) is 0. The molecule has 1 aliphatic heterocycles. The summed E-state index contributed by atoms with van der Waals surface area (Å²) < 4.78 is 42.1. The molecule has 102 valence electrons. The Morgan fingerprint density at radius 1 is 1.16 bits per heavy atom. The molecular formula is C13H13F3N2O. The van der Waals surface area contributed by atoms with Crippen LogP contribution in [0.4, 0.5) is 13.2 Å². The number of rotatable bonds is 1. The number of hydrogen-bond acceptors (Lipinski definition) is 3. The van der Waals surface area contributed by atoms with Gasteiger partial charge < -0.3 is 9.73 Å². The molecule has 0 spiro atoms. The van der Waals surface area contributed by atoms with Gasteiger partial charge in [-0.05, 0) is 49.2 Å². The highest BCUT2D eigenvalue weighted by Crippen LogP contribution is 2.26. The number of oxazole rings is 1. The second-order valence-electron chi connectivity index (χ2n) is 4.74. The van der Waals surface area contributed by atoms with Gasteiger partial charge in [0.1, 0.15) is 11.9 Å². The quantitative estimate of drug-likeness (QED) is 0.865. The highest BCUT2D eigenvalue weighted by atomic mass is 19.4. The van der Waals surface area contributed by atoms with Crippen LogP contribution in [-0.4, -0.2) is 24.2 Å². The zero-order valence-corrected chi connectivity index (χ0v) is 10.2. The van der Waals surface area contributed by atoms with Crippen molar-refractivity contribution >= 4 is 11.1 Å². The number of alkyl halides is 3. The number of halogens is 3. The number of benzene rings is 1. The van der Waals surface area contributed by atoms with E-state index in [0.717, 1.165) is 37.1 Å². The van der Waals surface area contributed by atoms with Gasteiger partial charge in [0.25, 0.3) is 0 Å². The van der Waals surface area contributed by atoms with Crippen LogP contribution in [-0.2, 0) is 19.3 Å². The number of hydrogen-bond donors (Lipinski definition) is 1. The van der Waals surface area contributed by atoms with Crippen molar-refractivity contribution in [3.05, 3.63) is 29.2 Å². The van der Waals surface area contributed by atoms with E-state index in [1.165, 1.54) is 0 Å². The number of aromatic nitrogens is 1. The monoisotopic (exact) mass is 270 g/mol. The van der Waals surface area contributed by atoms with Crippen LogP contribution in [0.3, 0.4) is 0 Å². The lowest BCUT2D eigenvalue weighted by molar-refractivity contribution is -0.130. The largest absolute Gasteiger partial charge is 0.440 e. The first kappa shape index (κ1) is 12.5. The van der Waals surface area contributed by atoms with E-state index in [1.54, 1.807) is 0 Å². The Morgan fingerprint density at radius 3 is 2.53 bits per heavy atom. The Balaban J connectivity index is 1.99. The molecule has 0 radical (unpaired) electrons. The summed E-state index contributed by atoms with van der Waals surface area (Å²) in [5, 5.41) is 3.28. The van der Waals surface area contributed by atoms with Crippen LogP contribution in [0.5, 0.6) is 0 Å². The van der Waals surface area contributed by atoms with E-state index in [-0.39, 0.29) is 5.89 Å². The minimum atomic E-state index is -4.29. The van der Waals surface area contributed by atoms with Crippen molar-refractivity contribution in [3.63, 3.8) is 0 Å². The molecule has 0 bridgehead atoms. The number of nitrogens with zero attached hydrogens (tertiary/aromatic N) is 1. The van der Waals surface area contributed by atoms with Crippen LogP contribution in [0.25, 0.3) is 11.1 Å². The molecule has 19 heavy (non-hydrogen) atoms. The maximum Gasteiger partial charge on any atom is 0.397 e. The van der Waals surface area contributed by atoms with E-state index >= 15 is 0 Å². The van der Waals surface area contributed by atoms with Gasteiger partial charge in [0, 0.05) is 0 Å². The van der Waals surface area contributed by atoms with Gasteiger partial charge in [-0.3, -0.25) is 0 Å². The lowest BCUT2D eigenvalue weighted by Gasteiger charge is -2.03. The highest BCUT2D eigenvalue weighted by Gasteiger charge is 2.30. The van der Waals surface area contributed by atoms with Crippen LogP contribution < -0.4 is 5.32 Å². The third-order valence-electron chi connectivity index (χ3n) is 3.25. The maximum atomic E-state index is 12.3. The minimum Gasteiger partial charge on any atom is -0.440 e. The van der Waals surface area contributed by atoms with Gasteiger partial charge in [-0.25, -0.2) is 4.98 Å². The number of fused-ring (bicyclic) bond motifs is 2. The minimum absolute atomic E-state index is 0.263. The standard InChI is InChI=1S/C13H13F3N2O/c14-13(15,16)7-12-18-10-5-8-1-3-17-4-2-9(8)6-11(10)19-12/h5-6,17H,1-4,7H2. The van der Waals surface area contributed by atoms with Crippen molar-refractivity contribution in [2.75, 3.05) is 13.1 Å². The fourth-order valence-electron chi connectivity index (χ4n) is 2.39. The molecule has 1 N–H and O–H groups in total. The van der Waals surface area contributed by atoms with Crippen LogP contribution >= 0.6 is 0 Å². The fourth-order valence-corrected chi connectivity index (χ4v) is 2.39. The average Bonchev–Trinajstić information content (AvgIpc) is 2.53. The molecular weight excluding hydrogens is 257 g/mol. The van der Waals surface area contributed by atoms with E-state index in [4.69, 9.17) is 4.42 Å². The third-order valence-corrected chi connectivity index (χ3v) is 3.25. The van der Waals surface area contributed by atoms with Gasteiger partial charge in [-0.1, -0.05) is 0 Å². The van der Waals surface area contributed by atoms with Crippen LogP contribution in [0.15, 0.2) is 16.5 Å². The van der Waals surface area contributed by atoms with Crippen molar-refractivity contribution in [2.24, 2.45) is 0 Å². The van der Waals surface area contributed by atoms with Crippen LogP contribution in [0.2, 0.25) is 0 Å². The zero-order valence-electron chi connectivity index (χ0n) is 10.2. The number of nitrogens with one attached hydrogen (secondary N) is 1. The second kappa shape index (κ2) is 4.52. The molecule has 2 heterocycles. The molecule has 0 saturated carbocycles. The molecule has 2 aromatic rings. The van der Waals surface area contributed by atoms with Crippen molar-refractivity contribution in [2.45, 2.75) is 25.4 Å². The Bertz CT molecular complexity index is 561. The smallest absolute Gasteiger partial charge is 0.397 e. The Morgan fingerprint density at radius 2 is 1.84 bits per heavy atom. The molecule has 0 amide bonds. The molecule has 1 aromatic heterocycles. The highest BCUT2D eigenvalue weighted by molar-refractivity contribution is 5.75. The second-order valence-corrected chi connectivity index (χ2v) is 4.74. The molecule has 1 aromatic carbocycles. The molecule has 1 aliphatic rings. The maximum absolute atomic E-state index is 12.3. The summed E-state index contributed by atoms with van der Waals surface area (Å²) in [4.78, 5) is 3.93. The average molecular weight is 270 g/mol. The van der Waals surface area contributed by atoms with E-state index in [9.17, 15) is 13.2 Å². The summed E-state index contributed by atoms with van der Waals surface area (Å²) in [6, 6.07) is 3.67. The van der Waals surface area contributed by atoms with Crippen molar-refractivity contribution in [3.8, 4) is 0 Å². The Labute approximate surface area is 107 Å². The van der Waals surface area contributed by atoms with Gasteiger partial charge in [0.15, 0.2) is 5.58 Å². The lowest BCUT2D eigenvalue weighted by Crippen LogP contribution is -2.16. The summed E-state index contributed by atoms with van der Waals surface area (Å²) in [5.74, 6) is -0.263. The van der Waals surface area contributed by atoms with E-state index < -0.39 is 12.6 Å². The molecule has 0 unspecified atom stereocenters. The first-order valence-electron chi connectivity index (χ1n) is 6.20. The molecule has 0 atom stereocenters. The van der Waals surface area contributed by atoms with E-state index in [1.807, 2.05) is 12.1 Å². The van der Waals surface area contributed by atoms with Crippen LogP contribution in [0, 0.1) is 0 Å². The van der Waals surface area contributed by atoms with Crippen LogP contribution in [0.1, 0.15) is 17.0 Å². The Kier molecular flexibility index (Phi) is 2.97. The third kappa shape index (κ3) is 2.73. The molecule has 0 fully saturated rings. The molecule has 3 rings (SSSR count). The Hall–Kier alpha value is -1.56. The molecule has 6 heteroatoms. The SMILES string of the molecule is FC(F)(F)Cc1nc2cc3c(cc2o1)CCNCC3. The van der Waals surface area contributed by atoms with Gasteiger partial charge in [-0.2, -0.15) is 13.2 Å². The lowest BCUT2D eigenvalue weighted by atomic mass is 10.0. The van der Waals surface area contributed by atoms with Crippen molar-refractivity contribution in [1.82, 2.24) is 10.3 Å². The van der Waals surface area contributed by atoms with Gasteiger partial charge in [0.05, 0.1) is 0 Å². The molecule has 3 nitrogen and oxygen atoms in total. The van der Waals surface area contributed by atoms with Gasteiger partial charge >= 0.3 is 6.18 Å². The molecule has 0 aliphatic carbocycles. The van der Waals surface area contributed by atoms with E-state index in [2.05, 4.69) is 10.3 Å². The summed E-state index contributed by atoms with van der Waals surface area (Å²) in [6.45, 7) is 1.76. The zero-order chi connectivity index (χ0) is 13.5. The van der Waals surface area contributed by atoms with Gasteiger partial charge in [0.2, 0.25) is 5.89 Å². The first-order chi connectivity index (χ1) is 9.01. The summed E-state index contributed by atoms with van der Waals surface area (Å²) in [5.41, 5.74) is 3.23.